The first-order valence-corrected chi connectivity index (χ1v) is 6.89. The quantitative estimate of drug-likeness (QED) is 0.794. The maximum Gasteiger partial charge on any atom is 0.308 e. The van der Waals surface area contributed by atoms with Crippen LogP contribution in [0.25, 0.3) is 0 Å². The molecule has 1 fully saturated rings. The monoisotopic (exact) mass is 285 g/mol. The van der Waals surface area contributed by atoms with E-state index in [9.17, 15) is 4.79 Å². The molecule has 0 atom stereocenters. The van der Waals surface area contributed by atoms with Gasteiger partial charge < -0.3 is 4.74 Å². The molecule has 19 heavy (non-hydrogen) atoms. The molecule has 0 unspecified atom stereocenters. The lowest BCUT2D eigenvalue weighted by Gasteiger charge is -2.30. The predicted octanol–water partition coefficient (Wildman–Crippen LogP) is 1.77. The van der Waals surface area contributed by atoms with Crippen molar-refractivity contribution in [3.8, 4) is 0 Å². The van der Waals surface area contributed by atoms with Crippen molar-refractivity contribution in [3.05, 3.63) is 16.4 Å². The first-order chi connectivity index (χ1) is 9.02. The Labute approximate surface area is 118 Å². The Morgan fingerprint density at radius 2 is 2.11 bits per heavy atom. The minimum absolute atomic E-state index is 0.0463. The molecule has 0 saturated carbocycles. The van der Waals surface area contributed by atoms with Crippen LogP contribution in [0.15, 0.2) is 0 Å². The third-order valence-electron chi connectivity index (χ3n) is 3.76. The molecule has 2 rings (SSSR count). The highest BCUT2D eigenvalue weighted by molar-refractivity contribution is 6.31. The van der Waals surface area contributed by atoms with Gasteiger partial charge in [0, 0.05) is 13.6 Å². The van der Waals surface area contributed by atoms with Gasteiger partial charge in [-0.25, -0.2) is 0 Å². The van der Waals surface area contributed by atoms with Crippen LogP contribution in [-0.2, 0) is 23.1 Å². The molecule has 0 aromatic carbocycles. The lowest BCUT2D eigenvalue weighted by molar-refractivity contribution is -0.147. The summed E-state index contributed by atoms with van der Waals surface area (Å²) < 4.78 is 6.63. The average Bonchev–Trinajstić information content (AvgIpc) is 2.65. The number of methoxy groups -OCH3 is 1. The normalized spacial score (nSPS) is 17.7. The summed E-state index contributed by atoms with van der Waals surface area (Å²) in [6.07, 6.45) is 1.70. The third kappa shape index (κ3) is 3.09. The highest BCUT2D eigenvalue weighted by Crippen LogP contribution is 2.24. The summed E-state index contributed by atoms with van der Waals surface area (Å²) in [5.74, 6) is -0.0425. The van der Waals surface area contributed by atoms with Gasteiger partial charge in [0.25, 0.3) is 0 Å². The lowest BCUT2D eigenvalue weighted by Crippen LogP contribution is -2.36. The fourth-order valence-electron chi connectivity index (χ4n) is 2.56. The second-order valence-electron chi connectivity index (χ2n) is 5.04. The largest absolute Gasteiger partial charge is 0.469 e. The van der Waals surface area contributed by atoms with Gasteiger partial charge in [0.1, 0.15) is 0 Å². The lowest BCUT2D eigenvalue weighted by atomic mass is 9.97. The molecule has 0 amide bonds. The van der Waals surface area contributed by atoms with E-state index in [-0.39, 0.29) is 11.9 Å². The van der Waals surface area contributed by atoms with E-state index in [2.05, 4.69) is 10.00 Å². The number of piperidine rings is 1. The zero-order valence-corrected chi connectivity index (χ0v) is 12.4. The van der Waals surface area contributed by atoms with Crippen LogP contribution in [0.3, 0.4) is 0 Å². The van der Waals surface area contributed by atoms with Crippen LogP contribution in [0, 0.1) is 12.8 Å². The molecule has 0 aliphatic carbocycles. The number of halogens is 1. The molecule has 0 radical (unpaired) electrons. The van der Waals surface area contributed by atoms with Crippen molar-refractivity contribution in [2.24, 2.45) is 13.0 Å². The Morgan fingerprint density at radius 1 is 1.47 bits per heavy atom. The van der Waals surface area contributed by atoms with Crippen molar-refractivity contribution >= 4 is 17.6 Å². The van der Waals surface area contributed by atoms with E-state index in [1.54, 1.807) is 0 Å². The third-order valence-corrected chi connectivity index (χ3v) is 4.25. The Balaban J connectivity index is 1.94. The minimum atomic E-state index is -0.0888. The van der Waals surface area contributed by atoms with Crippen LogP contribution in [-0.4, -0.2) is 40.8 Å². The Morgan fingerprint density at radius 3 is 2.58 bits per heavy atom. The van der Waals surface area contributed by atoms with Crippen LogP contribution in [0.4, 0.5) is 0 Å². The van der Waals surface area contributed by atoms with Crippen molar-refractivity contribution in [1.29, 1.82) is 0 Å². The van der Waals surface area contributed by atoms with E-state index in [1.807, 2.05) is 18.7 Å². The van der Waals surface area contributed by atoms with Crippen molar-refractivity contribution in [2.75, 3.05) is 20.2 Å². The molecule has 1 saturated heterocycles. The molecule has 1 aromatic rings. The Bertz CT molecular complexity index is 465. The van der Waals surface area contributed by atoms with E-state index in [4.69, 9.17) is 16.3 Å². The number of aromatic nitrogens is 2. The van der Waals surface area contributed by atoms with Crippen molar-refractivity contribution in [3.63, 3.8) is 0 Å². The van der Waals surface area contributed by atoms with Gasteiger partial charge in [0.15, 0.2) is 0 Å². The molecular weight excluding hydrogens is 266 g/mol. The van der Waals surface area contributed by atoms with Gasteiger partial charge in [-0.15, -0.1) is 0 Å². The molecule has 6 heteroatoms. The number of carbonyl (C=O) groups is 1. The maximum atomic E-state index is 11.5. The van der Waals surface area contributed by atoms with Crippen molar-refractivity contribution < 1.29 is 9.53 Å². The number of aryl methyl sites for hydroxylation is 2. The van der Waals surface area contributed by atoms with Gasteiger partial charge in [-0.05, 0) is 32.9 Å². The molecule has 1 aliphatic heterocycles. The molecule has 2 heterocycles. The molecule has 0 N–H and O–H groups in total. The number of hydrogen-bond acceptors (Lipinski definition) is 4. The number of nitrogens with zero attached hydrogens (tertiary/aromatic N) is 3. The van der Waals surface area contributed by atoms with E-state index >= 15 is 0 Å². The smallest absolute Gasteiger partial charge is 0.308 e. The van der Waals surface area contributed by atoms with Crippen molar-refractivity contribution in [2.45, 2.75) is 26.3 Å². The number of carbonyl (C=O) groups excluding carboxylic acids is 1. The summed E-state index contributed by atoms with van der Waals surface area (Å²) in [7, 11) is 3.36. The predicted molar refractivity (Wildman–Crippen MR) is 73.0 cm³/mol. The second-order valence-corrected chi connectivity index (χ2v) is 5.42. The van der Waals surface area contributed by atoms with Gasteiger partial charge in [-0.1, -0.05) is 11.6 Å². The summed E-state index contributed by atoms with van der Waals surface area (Å²) in [6, 6.07) is 0. The van der Waals surface area contributed by atoms with Gasteiger partial charge in [-0.2, -0.15) is 5.10 Å². The van der Waals surface area contributed by atoms with Crippen LogP contribution in [0.2, 0.25) is 5.02 Å². The van der Waals surface area contributed by atoms with Gasteiger partial charge in [0.05, 0.1) is 29.4 Å². The topological polar surface area (TPSA) is 47.4 Å². The summed E-state index contributed by atoms with van der Waals surface area (Å²) in [5, 5.41) is 5.06. The Hall–Kier alpha value is -1.07. The van der Waals surface area contributed by atoms with Gasteiger partial charge in [0.2, 0.25) is 0 Å². The minimum Gasteiger partial charge on any atom is -0.469 e. The fraction of sp³-hybridized carbons (Fsp3) is 0.692. The van der Waals surface area contributed by atoms with Crippen LogP contribution in [0.1, 0.15) is 24.2 Å². The van der Waals surface area contributed by atoms with Gasteiger partial charge >= 0.3 is 5.97 Å². The standard InChI is InChI=1S/C13H20ClN3O2/c1-9-12(14)11(16(2)15-9)8-17-6-4-10(5-7-17)13(18)19-3/h10H,4-8H2,1-3H3. The number of hydrogen-bond donors (Lipinski definition) is 0. The average molecular weight is 286 g/mol. The molecule has 1 aromatic heterocycles. The molecule has 106 valence electrons. The number of ether oxygens (including phenoxy) is 1. The molecule has 0 bridgehead atoms. The number of rotatable bonds is 3. The summed E-state index contributed by atoms with van der Waals surface area (Å²) >= 11 is 6.25. The molecule has 5 nitrogen and oxygen atoms in total. The SMILES string of the molecule is COC(=O)C1CCN(Cc2c(Cl)c(C)nn2C)CC1. The van der Waals surface area contributed by atoms with E-state index in [1.165, 1.54) is 7.11 Å². The second kappa shape index (κ2) is 5.92. The number of esters is 1. The zero-order chi connectivity index (χ0) is 14.0. The summed E-state index contributed by atoms with van der Waals surface area (Å²) in [4.78, 5) is 13.8. The van der Waals surface area contributed by atoms with Crippen molar-refractivity contribution in [1.82, 2.24) is 14.7 Å². The van der Waals surface area contributed by atoms with E-state index in [0.29, 0.717) is 0 Å². The summed E-state index contributed by atoms with van der Waals surface area (Å²) in [6.45, 7) is 4.47. The zero-order valence-electron chi connectivity index (χ0n) is 11.6. The molecular formula is C13H20ClN3O2. The van der Waals surface area contributed by atoms with Gasteiger partial charge in [-0.3, -0.25) is 14.4 Å². The van der Waals surface area contributed by atoms with E-state index in [0.717, 1.165) is 48.9 Å². The first-order valence-electron chi connectivity index (χ1n) is 6.51. The summed E-state index contributed by atoms with van der Waals surface area (Å²) in [5.41, 5.74) is 1.90. The maximum absolute atomic E-state index is 11.5. The van der Waals surface area contributed by atoms with Crippen LogP contribution in [0.5, 0.6) is 0 Å². The Kier molecular flexibility index (Phi) is 4.47. The number of likely N-dealkylation sites (tertiary alicyclic amines) is 1. The highest BCUT2D eigenvalue weighted by atomic mass is 35.5. The van der Waals surface area contributed by atoms with Crippen LogP contribution >= 0.6 is 11.6 Å². The molecule has 0 spiro atoms. The first kappa shape index (κ1) is 14.3. The highest BCUT2D eigenvalue weighted by Gasteiger charge is 2.26. The molecule has 1 aliphatic rings. The van der Waals surface area contributed by atoms with E-state index < -0.39 is 0 Å². The van der Waals surface area contributed by atoms with Crippen LogP contribution < -0.4 is 0 Å². The fourth-order valence-corrected chi connectivity index (χ4v) is 2.78.